The zero-order valence-electron chi connectivity index (χ0n) is 9.92. The van der Waals surface area contributed by atoms with Crippen LogP contribution in [0.1, 0.15) is 45.3 Å². The van der Waals surface area contributed by atoms with E-state index in [2.05, 4.69) is 36.2 Å². The molecule has 0 saturated heterocycles. The average Bonchev–Trinajstić information content (AvgIpc) is 2.59. The van der Waals surface area contributed by atoms with E-state index in [-0.39, 0.29) is 0 Å². The Morgan fingerprint density at radius 1 is 1.40 bits per heavy atom. The standard InChI is InChI=1S/C11H21N3O/c1-4-5-6-12-8-11-13-10(14-15-11)7-9(2)3/h9,12H,4-8H2,1-3H3. The minimum Gasteiger partial charge on any atom is -0.338 e. The van der Waals surface area contributed by atoms with Gasteiger partial charge in [0.1, 0.15) is 0 Å². The van der Waals surface area contributed by atoms with Gasteiger partial charge in [-0.3, -0.25) is 0 Å². The molecule has 0 spiro atoms. The molecule has 0 unspecified atom stereocenters. The SMILES string of the molecule is CCCCNCc1nc(CC(C)C)no1. The van der Waals surface area contributed by atoms with E-state index in [9.17, 15) is 0 Å². The molecule has 1 aromatic heterocycles. The summed E-state index contributed by atoms with van der Waals surface area (Å²) in [6, 6.07) is 0. The van der Waals surface area contributed by atoms with Crippen LogP contribution in [0.3, 0.4) is 0 Å². The summed E-state index contributed by atoms with van der Waals surface area (Å²) in [5.41, 5.74) is 0. The van der Waals surface area contributed by atoms with Gasteiger partial charge in [-0.1, -0.05) is 32.3 Å². The molecule has 86 valence electrons. The third-order valence-electron chi connectivity index (χ3n) is 2.08. The predicted molar refractivity (Wildman–Crippen MR) is 59.5 cm³/mol. The first-order chi connectivity index (χ1) is 7.22. The fourth-order valence-electron chi connectivity index (χ4n) is 1.31. The molecule has 1 N–H and O–H groups in total. The van der Waals surface area contributed by atoms with Crippen LogP contribution in [0, 0.1) is 5.92 Å². The normalized spacial score (nSPS) is 11.2. The molecule has 0 fully saturated rings. The highest BCUT2D eigenvalue weighted by Crippen LogP contribution is 2.04. The number of nitrogens with one attached hydrogen (secondary N) is 1. The van der Waals surface area contributed by atoms with Crippen molar-refractivity contribution in [3.8, 4) is 0 Å². The highest BCUT2D eigenvalue weighted by atomic mass is 16.5. The highest BCUT2D eigenvalue weighted by molar-refractivity contribution is 4.86. The van der Waals surface area contributed by atoms with Gasteiger partial charge in [-0.05, 0) is 18.9 Å². The summed E-state index contributed by atoms with van der Waals surface area (Å²) < 4.78 is 5.12. The molecule has 0 aliphatic rings. The molecule has 1 rings (SSSR count). The molecule has 4 nitrogen and oxygen atoms in total. The van der Waals surface area contributed by atoms with Crippen LogP contribution >= 0.6 is 0 Å². The van der Waals surface area contributed by atoms with Crippen LogP contribution in [0.15, 0.2) is 4.52 Å². The van der Waals surface area contributed by atoms with E-state index in [1.165, 1.54) is 12.8 Å². The highest BCUT2D eigenvalue weighted by Gasteiger charge is 2.06. The van der Waals surface area contributed by atoms with Crippen LogP contribution in [0.5, 0.6) is 0 Å². The Morgan fingerprint density at radius 3 is 2.87 bits per heavy atom. The van der Waals surface area contributed by atoms with E-state index >= 15 is 0 Å². The van der Waals surface area contributed by atoms with Crippen LogP contribution in [0.2, 0.25) is 0 Å². The minimum absolute atomic E-state index is 0.573. The third kappa shape index (κ3) is 4.93. The van der Waals surface area contributed by atoms with Crippen LogP contribution in [0.4, 0.5) is 0 Å². The van der Waals surface area contributed by atoms with Crippen LogP contribution in [0.25, 0.3) is 0 Å². The Morgan fingerprint density at radius 2 is 2.20 bits per heavy atom. The molecule has 0 amide bonds. The zero-order chi connectivity index (χ0) is 11.1. The number of aromatic nitrogens is 2. The van der Waals surface area contributed by atoms with Gasteiger partial charge in [-0.2, -0.15) is 4.98 Å². The molecule has 4 heteroatoms. The topological polar surface area (TPSA) is 51.0 Å². The Labute approximate surface area is 91.5 Å². The molecule has 0 aliphatic carbocycles. The molecule has 1 heterocycles. The summed E-state index contributed by atoms with van der Waals surface area (Å²) in [6.07, 6.45) is 3.28. The van der Waals surface area contributed by atoms with Crippen LogP contribution in [-0.4, -0.2) is 16.7 Å². The maximum absolute atomic E-state index is 5.12. The van der Waals surface area contributed by atoms with E-state index in [0.29, 0.717) is 18.4 Å². The van der Waals surface area contributed by atoms with Crippen molar-refractivity contribution in [2.45, 2.75) is 46.6 Å². The Kier molecular flexibility index (Phi) is 5.32. The smallest absolute Gasteiger partial charge is 0.240 e. The van der Waals surface area contributed by atoms with Gasteiger partial charge in [0, 0.05) is 6.42 Å². The van der Waals surface area contributed by atoms with Gasteiger partial charge in [-0.25, -0.2) is 0 Å². The monoisotopic (exact) mass is 211 g/mol. The average molecular weight is 211 g/mol. The van der Waals surface area contributed by atoms with Crippen molar-refractivity contribution in [2.75, 3.05) is 6.54 Å². The number of nitrogens with zero attached hydrogens (tertiary/aromatic N) is 2. The summed E-state index contributed by atoms with van der Waals surface area (Å²) in [6.45, 7) is 8.17. The number of hydrogen-bond acceptors (Lipinski definition) is 4. The lowest BCUT2D eigenvalue weighted by Gasteiger charge is -1.98. The minimum atomic E-state index is 0.573. The number of unbranched alkanes of at least 4 members (excludes halogenated alkanes) is 1. The van der Waals surface area contributed by atoms with Crippen molar-refractivity contribution < 1.29 is 4.52 Å². The van der Waals surface area contributed by atoms with Gasteiger partial charge in [0.25, 0.3) is 0 Å². The Balaban J connectivity index is 2.26. The largest absolute Gasteiger partial charge is 0.338 e. The van der Waals surface area contributed by atoms with Gasteiger partial charge in [-0.15, -0.1) is 0 Å². The Hall–Kier alpha value is -0.900. The van der Waals surface area contributed by atoms with Crippen molar-refractivity contribution in [1.82, 2.24) is 15.5 Å². The maximum Gasteiger partial charge on any atom is 0.240 e. The summed E-state index contributed by atoms with van der Waals surface area (Å²) in [5, 5.41) is 7.20. The van der Waals surface area contributed by atoms with Crippen molar-refractivity contribution >= 4 is 0 Å². The second kappa shape index (κ2) is 6.56. The lowest BCUT2D eigenvalue weighted by molar-refractivity contribution is 0.360. The van der Waals surface area contributed by atoms with E-state index in [1.807, 2.05) is 0 Å². The molecular weight excluding hydrogens is 190 g/mol. The van der Waals surface area contributed by atoms with Crippen molar-refractivity contribution in [3.05, 3.63) is 11.7 Å². The van der Waals surface area contributed by atoms with E-state index < -0.39 is 0 Å². The van der Waals surface area contributed by atoms with E-state index in [4.69, 9.17) is 4.52 Å². The molecule has 0 atom stereocenters. The van der Waals surface area contributed by atoms with Gasteiger partial charge < -0.3 is 9.84 Å². The molecule has 0 radical (unpaired) electrons. The molecule has 0 bridgehead atoms. The van der Waals surface area contributed by atoms with Gasteiger partial charge in [0.2, 0.25) is 5.89 Å². The number of rotatable bonds is 7. The van der Waals surface area contributed by atoms with Crippen LogP contribution < -0.4 is 5.32 Å². The second-order valence-electron chi connectivity index (χ2n) is 4.23. The van der Waals surface area contributed by atoms with Gasteiger partial charge in [0.05, 0.1) is 6.54 Å². The van der Waals surface area contributed by atoms with Crippen LogP contribution in [-0.2, 0) is 13.0 Å². The van der Waals surface area contributed by atoms with E-state index in [1.54, 1.807) is 0 Å². The molecular formula is C11H21N3O. The first-order valence-corrected chi connectivity index (χ1v) is 5.74. The van der Waals surface area contributed by atoms with Crippen molar-refractivity contribution in [2.24, 2.45) is 5.92 Å². The van der Waals surface area contributed by atoms with Crippen molar-refractivity contribution in [1.29, 1.82) is 0 Å². The fraction of sp³-hybridized carbons (Fsp3) is 0.818. The van der Waals surface area contributed by atoms with Crippen molar-refractivity contribution in [3.63, 3.8) is 0 Å². The lowest BCUT2D eigenvalue weighted by Crippen LogP contribution is -2.14. The first kappa shape index (κ1) is 12.2. The third-order valence-corrected chi connectivity index (χ3v) is 2.08. The predicted octanol–water partition coefficient (Wildman–Crippen LogP) is 2.16. The summed E-state index contributed by atoms with van der Waals surface area (Å²) in [5.74, 6) is 2.09. The number of hydrogen-bond donors (Lipinski definition) is 1. The molecule has 0 aliphatic heterocycles. The fourth-order valence-corrected chi connectivity index (χ4v) is 1.31. The lowest BCUT2D eigenvalue weighted by atomic mass is 10.1. The van der Waals surface area contributed by atoms with Gasteiger partial charge >= 0.3 is 0 Å². The van der Waals surface area contributed by atoms with Gasteiger partial charge in [0.15, 0.2) is 5.82 Å². The molecule has 0 saturated carbocycles. The summed E-state index contributed by atoms with van der Waals surface area (Å²) in [4.78, 5) is 4.31. The quantitative estimate of drug-likeness (QED) is 0.702. The molecule has 15 heavy (non-hydrogen) atoms. The molecule has 0 aromatic carbocycles. The molecule has 1 aromatic rings. The first-order valence-electron chi connectivity index (χ1n) is 5.74. The second-order valence-corrected chi connectivity index (χ2v) is 4.23. The maximum atomic E-state index is 5.12. The Bertz CT molecular complexity index is 271. The van der Waals surface area contributed by atoms with E-state index in [0.717, 1.165) is 18.8 Å². The summed E-state index contributed by atoms with van der Waals surface area (Å²) in [7, 11) is 0. The summed E-state index contributed by atoms with van der Waals surface area (Å²) >= 11 is 0. The zero-order valence-corrected chi connectivity index (χ0v) is 9.92.